The topological polar surface area (TPSA) is 33.3 Å². The first-order valence-corrected chi connectivity index (χ1v) is 6.49. The lowest BCUT2D eigenvalue weighted by Crippen LogP contribution is -2.43. The lowest BCUT2D eigenvalue weighted by atomic mass is 10.1. The van der Waals surface area contributed by atoms with Crippen LogP contribution in [0.25, 0.3) is 0 Å². The van der Waals surface area contributed by atoms with E-state index in [-0.39, 0.29) is 11.9 Å². The van der Waals surface area contributed by atoms with E-state index in [1.54, 1.807) is 12.1 Å². The zero-order chi connectivity index (χ0) is 13.0. The summed E-state index contributed by atoms with van der Waals surface area (Å²) in [6.07, 6.45) is 0.924. The van der Waals surface area contributed by atoms with E-state index in [0.29, 0.717) is 11.7 Å². The van der Waals surface area contributed by atoms with Crippen molar-refractivity contribution in [2.45, 2.75) is 32.4 Å². The number of benzene rings is 1. The van der Waals surface area contributed by atoms with Crippen LogP contribution in [0.1, 0.15) is 18.9 Å². The molecule has 0 amide bonds. The van der Waals surface area contributed by atoms with Crippen LogP contribution in [-0.2, 0) is 4.74 Å². The molecular weight excluding hydrogens is 231 g/mol. The Morgan fingerprint density at radius 3 is 3.06 bits per heavy atom. The largest absolute Gasteiger partial charge is 0.380 e. The summed E-state index contributed by atoms with van der Waals surface area (Å²) in [6.45, 7) is 6.37. The van der Waals surface area contributed by atoms with Gasteiger partial charge in [-0.15, -0.1) is 0 Å². The molecule has 2 unspecified atom stereocenters. The zero-order valence-electron chi connectivity index (χ0n) is 11.0. The first kappa shape index (κ1) is 13.3. The van der Waals surface area contributed by atoms with E-state index >= 15 is 0 Å². The number of morpholine rings is 1. The number of hydrogen-bond acceptors (Lipinski definition) is 3. The third-order valence-corrected chi connectivity index (χ3v) is 3.16. The van der Waals surface area contributed by atoms with Gasteiger partial charge in [-0.1, -0.05) is 6.07 Å². The molecule has 2 rings (SSSR count). The highest BCUT2D eigenvalue weighted by Gasteiger charge is 2.16. The van der Waals surface area contributed by atoms with E-state index < -0.39 is 0 Å². The number of hydrogen-bond donors (Lipinski definition) is 2. The number of aryl methyl sites for hydroxylation is 1. The average molecular weight is 252 g/mol. The van der Waals surface area contributed by atoms with E-state index in [2.05, 4.69) is 17.6 Å². The van der Waals surface area contributed by atoms with Gasteiger partial charge in [0.25, 0.3) is 0 Å². The summed E-state index contributed by atoms with van der Waals surface area (Å²) >= 11 is 0. The number of rotatable bonds is 4. The summed E-state index contributed by atoms with van der Waals surface area (Å²) in [5.74, 6) is -0.185. The standard InChI is InChI=1S/C14H21FN2O/c1-10-3-4-14(13(15)7-10)17-11(2)8-12-9-18-6-5-16-12/h3-4,7,11-12,16-17H,5-6,8-9H2,1-2H3. The summed E-state index contributed by atoms with van der Waals surface area (Å²) in [4.78, 5) is 0. The molecule has 0 aromatic heterocycles. The number of ether oxygens (including phenoxy) is 1. The fourth-order valence-electron chi connectivity index (χ4n) is 2.26. The van der Waals surface area contributed by atoms with Gasteiger partial charge >= 0.3 is 0 Å². The van der Waals surface area contributed by atoms with Crippen LogP contribution in [0.15, 0.2) is 18.2 Å². The third kappa shape index (κ3) is 3.68. The van der Waals surface area contributed by atoms with Gasteiger partial charge in [-0.05, 0) is 38.0 Å². The van der Waals surface area contributed by atoms with Gasteiger partial charge in [0.2, 0.25) is 0 Å². The van der Waals surface area contributed by atoms with Gasteiger partial charge in [0.15, 0.2) is 0 Å². The Morgan fingerprint density at radius 1 is 1.56 bits per heavy atom. The lowest BCUT2D eigenvalue weighted by Gasteiger charge is -2.27. The summed E-state index contributed by atoms with van der Waals surface area (Å²) < 4.78 is 19.1. The number of halogens is 1. The zero-order valence-corrected chi connectivity index (χ0v) is 11.0. The summed E-state index contributed by atoms with van der Waals surface area (Å²) in [5.41, 5.74) is 1.51. The Kier molecular flexibility index (Phi) is 4.55. The molecule has 18 heavy (non-hydrogen) atoms. The molecule has 2 N–H and O–H groups in total. The minimum atomic E-state index is -0.185. The first-order valence-electron chi connectivity index (χ1n) is 6.49. The maximum Gasteiger partial charge on any atom is 0.146 e. The van der Waals surface area contributed by atoms with E-state index in [1.165, 1.54) is 0 Å². The number of anilines is 1. The molecule has 100 valence electrons. The smallest absolute Gasteiger partial charge is 0.146 e. The molecule has 1 aromatic rings. The van der Waals surface area contributed by atoms with Crippen LogP contribution in [0, 0.1) is 12.7 Å². The molecule has 1 aromatic carbocycles. The van der Waals surface area contributed by atoms with E-state index in [1.807, 2.05) is 13.0 Å². The SMILES string of the molecule is Cc1ccc(NC(C)CC2COCCN2)c(F)c1. The highest BCUT2D eigenvalue weighted by atomic mass is 19.1. The molecule has 1 heterocycles. The molecule has 2 atom stereocenters. The van der Waals surface area contributed by atoms with Gasteiger partial charge in [-0.2, -0.15) is 0 Å². The minimum Gasteiger partial charge on any atom is -0.380 e. The molecule has 1 saturated heterocycles. The molecule has 0 bridgehead atoms. The molecule has 4 heteroatoms. The Hall–Kier alpha value is -1.13. The molecule has 0 aliphatic carbocycles. The maximum atomic E-state index is 13.7. The second-order valence-electron chi connectivity index (χ2n) is 4.99. The van der Waals surface area contributed by atoms with Crippen molar-refractivity contribution < 1.29 is 9.13 Å². The van der Waals surface area contributed by atoms with Crippen molar-refractivity contribution in [3.05, 3.63) is 29.6 Å². The molecule has 1 aliphatic rings. The van der Waals surface area contributed by atoms with Crippen molar-refractivity contribution in [2.75, 3.05) is 25.1 Å². The maximum absolute atomic E-state index is 13.7. The van der Waals surface area contributed by atoms with Gasteiger partial charge in [0.1, 0.15) is 5.82 Å². The highest BCUT2D eigenvalue weighted by Crippen LogP contribution is 2.17. The van der Waals surface area contributed by atoms with Gasteiger partial charge < -0.3 is 15.4 Å². The van der Waals surface area contributed by atoms with Crippen LogP contribution in [0.2, 0.25) is 0 Å². The Bertz CT molecular complexity index is 391. The number of nitrogens with one attached hydrogen (secondary N) is 2. The summed E-state index contributed by atoms with van der Waals surface area (Å²) in [6, 6.07) is 5.83. The minimum absolute atomic E-state index is 0.185. The quantitative estimate of drug-likeness (QED) is 0.862. The van der Waals surface area contributed by atoms with Crippen LogP contribution < -0.4 is 10.6 Å². The van der Waals surface area contributed by atoms with Crippen molar-refractivity contribution >= 4 is 5.69 Å². The molecular formula is C14H21FN2O. The second kappa shape index (κ2) is 6.16. The molecule has 1 fully saturated rings. The fraction of sp³-hybridized carbons (Fsp3) is 0.571. The van der Waals surface area contributed by atoms with E-state index in [0.717, 1.165) is 31.7 Å². The van der Waals surface area contributed by atoms with Gasteiger partial charge in [-0.3, -0.25) is 0 Å². The molecule has 1 aliphatic heterocycles. The Labute approximate surface area is 108 Å². The summed E-state index contributed by atoms with van der Waals surface area (Å²) in [5, 5.41) is 6.61. The molecule has 3 nitrogen and oxygen atoms in total. The van der Waals surface area contributed by atoms with Crippen molar-refractivity contribution in [1.29, 1.82) is 0 Å². The van der Waals surface area contributed by atoms with Crippen LogP contribution in [0.4, 0.5) is 10.1 Å². The fourth-order valence-corrected chi connectivity index (χ4v) is 2.26. The van der Waals surface area contributed by atoms with E-state index in [4.69, 9.17) is 4.74 Å². The van der Waals surface area contributed by atoms with Crippen LogP contribution >= 0.6 is 0 Å². The van der Waals surface area contributed by atoms with Crippen molar-refractivity contribution in [1.82, 2.24) is 5.32 Å². The van der Waals surface area contributed by atoms with Gasteiger partial charge in [0, 0.05) is 18.6 Å². The molecule has 0 spiro atoms. The van der Waals surface area contributed by atoms with Crippen LogP contribution in [-0.4, -0.2) is 31.8 Å². The normalized spacial score (nSPS) is 21.6. The molecule has 0 radical (unpaired) electrons. The van der Waals surface area contributed by atoms with Gasteiger partial charge in [-0.25, -0.2) is 4.39 Å². The monoisotopic (exact) mass is 252 g/mol. The lowest BCUT2D eigenvalue weighted by molar-refractivity contribution is 0.0731. The Balaban J connectivity index is 1.87. The van der Waals surface area contributed by atoms with Crippen LogP contribution in [0.5, 0.6) is 0 Å². The third-order valence-electron chi connectivity index (χ3n) is 3.16. The second-order valence-corrected chi connectivity index (χ2v) is 4.99. The highest BCUT2D eigenvalue weighted by molar-refractivity contribution is 5.46. The Morgan fingerprint density at radius 2 is 2.39 bits per heavy atom. The van der Waals surface area contributed by atoms with Crippen molar-refractivity contribution in [3.8, 4) is 0 Å². The van der Waals surface area contributed by atoms with E-state index in [9.17, 15) is 4.39 Å². The average Bonchev–Trinajstić information content (AvgIpc) is 2.34. The van der Waals surface area contributed by atoms with Crippen LogP contribution in [0.3, 0.4) is 0 Å². The predicted molar refractivity (Wildman–Crippen MR) is 71.4 cm³/mol. The predicted octanol–water partition coefficient (Wildman–Crippen LogP) is 2.31. The van der Waals surface area contributed by atoms with Gasteiger partial charge in [0.05, 0.1) is 18.9 Å². The van der Waals surface area contributed by atoms with Crippen molar-refractivity contribution in [3.63, 3.8) is 0 Å². The first-order chi connectivity index (χ1) is 8.65. The van der Waals surface area contributed by atoms with Crippen molar-refractivity contribution in [2.24, 2.45) is 0 Å². The molecule has 0 saturated carbocycles. The summed E-state index contributed by atoms with van der Waals surface area (Å²) in [7, 11) is 0.